The van der Waals surface area contributed by atoms with E-state index in [9.17, 15) is 4.21 Å². The van der Waals surface area contributed by atoms with E-state index in [0.29, 0.717) is 6.04 Å². The van der Waals surface area contributed by atoms with E-state index in [1.807, 2.05) is 0 Å². The van der Waals surface area contributed by atoms with Crippen LogP contribution >= 0.6 is 0 Å². The fourth-order valence-corrected chi connectivity index (χ4v) is 3.70. The SMILES string of the molecule is CCCC(CS(=O)CC1CCCO1)NCC. The monoisotopic (exact) mass is 247 g/mol. The molecule has 0 spiro atoms. The first-order valence-electron chi connectivity index (χ1n) is 6.46. The minimum atomic E-state index is -0.730. The zero-order valence-electron chi connectivity index (χ0n) is 10.5. The molecule has 0 aromatic rings. The predicted molar refractivity (Wildman–Crippen MR) is 69.2 cm³/mol. The fraction of sp³-hybridized carbons (Fsp3) is 1.00. The lowest BCUT2D eigenvalue weighted by Crippen LogP contribution is -2.35. The highest BCUT2D eigenvalue weighted by Gasteiger charge is 2.20. The van der Waals surface area contributed by atoms with Crippen LogP contribution in [0, 0.1) is 0 Å². The Morgan fingerprint density at radius 1 is 1.50 bits per heavy atom. The van der Waals surface area contributed by atoms with Gasteiger partial charge < -0.3 is 10.1 Å². The zero-order valence-corrected chi connectivity index (χ0v) is 11.4. The molecular weight excluding hydrogens is 222 g/mol. The van der Waals surface area contributed by atoms with E-state index in [1.165, 1.54) is 0 Å². The molecule has 96 valence electrons. The third-order valence-corrected chi connectivity index (χ3v) is 4.43. The molecule has 4 heteroatoms. The summed E-state index contributed by atoms with van der Waals surface area (Å²) in [5.74, 6) is 1.51. The van der Waals surface area contributed by atoms with Gasteiger partial charge in [-0.3, -0.25) is 4.21 Å². The van der Waals surface area contributed by atoms with Gasteiger partial charge in [0.2, 0.25) is 0 Å². The summed E-state index contributed by atoms with van der Waals surface area (Å²) in [5.41, 5.74) is 0. The van der Waals surface area contributed by atoms with Crippen molar-refractivity contribution in [1.29, 1.82) is 0 Å². The number of hydrogen-bond acceptors (Lipinski definition) is 3. The standard InChI is InChI=1S/C12H25NO2S/c1-3-6-11(13-4-2)9-16(14)10-12-7-5-8-15-12/h11-13H,3-10H2,1-2H3. The highest BCUT2D eigenvalue weighted by molar-refractivity contribution is 7.85. The molecule has 3 unspecified atom stereocenters. The molecule has 0 bridgehead atoms. The molecule has 0 aromatic carbocycles. The summed E-state index contributed by atoms with van der Waals surface area (Å²) in [7, 11) is -0.730. The van der Waals surface area contributed by atoms with E-state index >= 15 is 0 Å². The molecule has 1 fully saturated rings. The first-order valence-corrected chi connectivity index (χ1v) is 7.95. The molecule has 0 aromatic heterocycles. The first kappa shape index (κ1) is 14.1. The van der Waals surface area contributed by atoms with Crippen molar-refractivity contribution in [2.24, 2.45) is 0 Å². The van der Waals surface area contributed by atoms with Crippen molar-refractivity contribution in [1.82, 2.24) is 5.32 Å². The summed E-state index contributed by atoms with van der Waals surface area (Å²) in [6.45, 7) is 6.09. The van der Waals surface area contributed by atoms with Crippen LogP contribution in [0.5, 0.6) is 0 Å². The lowest BCUT2D eigenvalue weighted by Gasteiger charge is -2.17. The molecule has 0 radical (unpaired) electrons. The maximum atomic E-state index is 12.0. The van der Waals surface area contributed by atoms with Gasteiger partial charge in [0.25, 0.3) is 0 Å². The van der Waals surface area contributed by atoms with Gasteiger partial charge in [0.15, 0.2) is 0 Å². The summed E-state index contributed by atoms with van der Waals surface area (Å²) in [6.07, 6.45) is 4.74. The van der Waals surface area contributed by atoms with Gasteiger partial charge in [-0.1, -0.05) is 20.3 Å². The normalized spacial score (nSPS) is 24.5. The lowest BCUT2D eigenvalue weighted by molar-refractivity contribution is 0.128. The quantitative estimate of drug-likeness (QED) is 0.709. The second-order valence-corrected chi connectivity index (χ2v) is 6.00. The van der Waals surface area contributed by atoms with Crippen LogP contribution in [0.25, 0.3) is 0 Å². The Labute approximate surface area is 102 Å². The molecule has 1 N–H and O–H groups in total. The molecular formula is C12H25NO2S. The van der Waals surface area contributed by atoms with E-state index in [4.69, 9.17) is 4.74 Å². The number of hydrogen-bond donors (Lipinski definition) is 1. The molecule has 0 amide bonds. The Hall–Kier alpha value is 0.0700. The Morgan fingerprint density at radius 2 is 2.31 bits per heavy atom. The molecule has 16 heavy (non-hydrogen) atoms. The Kier molecular flexibility index (Phi) is 7.25. The summed E-state index contributed by atoms with van der Waals surface area (Å²) < 4.78 is 17.5. The van der Waals surface area contributed by atoms with Crippen LogP contribution in [0.3, 0.4) is 0 Å². The fourth-order valence-electron chi connectivity index (χ4n) is 2.16. The van der Waals surface area contributed by atoms with Crippen molar-refractivity contribution in [2.75, 3.05) is 24.7 Å². The molecule has 1 rings (SSSR count). The smallest absolute Gasteiger partial charge is 0.0691 e. The third kappa shape index (κ3) is 5.41. The average Bonchev–Trinajstić information content (AvgIpc) is 2.71. The summed E-state index contributed by atoms with van der Waals surface area (Å²) in [6, 6.07) is 0.414. The van der Waals surface area contributed by atoms with Crippen molar-refractivity contribution < 1.29 is 8.95 Å². The molecule has 1 aliphatic rings. The number of ether oxygens (including phenoxy) is 1. The van der Waals surface area contributed by atoms with E-state index < -0.39 is 10.8 Å². The van der Waals surface area contributed by atoms with E-state index in [0.717, 1.165) is 50.3 Å². The largest absolute Gasteiger partial charge is 0.377 e. The van der Waals surface area contributed by atoms with Crippen LogP contribution in [-0.2, 0) is 15.5 Å². The Morgan fingerprint density at radius 3 is 2.88 bits per heavy atom. The summed E-state index contributed by atoms with van der Waals surface area (Å²) in [4.78, 5) is 0. The highest BCUT2D eigenvalue weighted by Crippen LogP contribution is 2.13. The van der Waals surface area contributed by atoms with Crippen LogP contribution in [0.4, 0.5) is 0 Å². The van der Waals surface area contributed by atoms with Gasteiger partial charge in [-0.2, -0.15) is 0 Å². The van der Waals surface area contributed by atoms with Crippen LogP contribution in [0.2, 0.25) is 0 Å². The van der Waals surface area contributed by atoms with Gasteiger partial charge in [0.1, 0.15) is 0 Å². The predicted octanol–water partition coefficient (Wildman–Crippen LogP) is 1.69. The minimum absolute atomic E-state index is 0.254. The second kappa shape index (κ2) is 8.20. The van der Waals surface area contributed by atoms with Crippen LogP contribution in [0.15, 0.2) is 0 Å². The van der Waals surface area contributed by atoms with Crippen LogP contribution in [-0.4, -0.2) is 41.0 Å². The van der Waals surface area contributed by atoms with Gasteiger partial charge in [-0.05, 0) is 25.8 Å². The maximum absolute atomic E-state index is 12.0. The van der Waals surface area contributed by atoms with Crippen molar-refractivity contribution in [3.8, 4) is 0 Å². The molecule has 1 aliphatic heterocycles. The number of nitrogens with one attached hydrogen (secondary N) is 1. The van der Waals surface area contributed by atoms with Crippen molar-refractivity contribution in [2.45, 2.75) is 51.7 Å². The summed E-state index contributed by atoms with van der Waals surface area (Å²) in [5, 5.41) is 3.41. The van der Waals surface area contributed by atoms with E-state index in [2.05, 4.69) is 19.2 Å². The van der Waals surface area contributed by atoms with Crippen molar-refractivity contribution in [3.63, 3.8) is 0 Å². The van der Waals surface area contributed by atoms with Gasteiger partial charge >= 0.3 is 0 Å². The molecule has 3 nitrogen and oxygen atoms in total. The third-order valence-electron chi connectivity index (χ3n) is 2.91. The van der Waals surface area contributed by atoms with Crippen molar-refractivity contribution in [3.05, 3.63) is 0 Å². The van der Waals surface area contributed by atoms with Gasteiger partial charge in [-0.15, -0.1) is 0 Å². The Balaban J connectivity index is 2.23. The zero-order chi connectivity index (χ0) is 11.8. The topological polar surface area (TPSA) is 38.3 Å². The van der Waals surface area contributed by atoms with Gasteiger partial charge in [0, 0.05) is 35.0 Å². The molecule has 0 aliphatic carbocycles. The highest BCUT2D eigenvalue weighted by atomic mass is 32.2. The first-order chi connectivity index (χ1) is 7.76. The van der Waals surface area contributed by atoms with E-state index in [-0.39, 0.29) is 6.10 Å². The van der Waals surface area contributed by atoms with Crippen LogP contribution < -0.4 is 5.32 Å². The molecule has 1 heterocycles. The lowest BCUT2D eigenvalue weighted by atomic mass is 10.2. The van der Waals surface area contributed by atoms with Crippen LogP contribution in [0.1, 0.15) is 39.5 Å². The molecule has 3 atom stereocenters. The minimum Gasteiger partial charge on any atom is -0.377 e. The number of rotatable bonds is 8. The second-order valence-electron chi connectivity index (χ2n) is 4.45. The summed E-state index contributed by atoms with van der Waals surface area (Å²) >= 11 is 0. The molecule has 1 saturated heterocycles. The van der Waals surface area contributed by atoms with Gasteiger partial charge in [0.05, 0.1) is 6.10 Å². The Bertz CT molecular complexity index is 199. The van der Waals surface area contributed by atoms with Crippen molar-refractivity contribution >= 4 is 10.8 Å². The van der Waals surface area contributed by atoms with Gasteiger partial charge in [-0.25, -0.2) is 0 Å². The van der Waals surface area contributed by atoms with E-state index in [1.54, 1.807) is 0 Å². The maximum Gasteiger partial charge on any atom is 0.0691 e. The average molecular weight is 247 g/mol. The molecule has 0 saturated carbocycles.